The van der Waals surface area contributed by atoms with Crippen molar-refractivity contribution in [2.75, 3.05) is 0 Å². The summed E-state index contributed by atoms with van der Waals surface area (Å²) in [6, 6.07) is 5.48. The van der Waals surface area contributed by atoms with E-state index in [0.717, 1.165) is 32.1 Å². The Balaban J connectivity index is 1.31. The van der Waals surface area contributed by atoms with Crippen LogP contribution in [0.4, 0.5) is 11.5 Å². The van der Waals surface area contributed by atoms with E-state index in [2.05, 4.69) is 26.2 Å². The number of aromatic nitrogens is 2. The first-order valence-corrected chi connectivity index (χ1v) is 12.1. The van der Waals surface area contributed by atoms with Crippen LogP contribution in [0.5, 0.6) is 0 Å². The van der Waals surface area contributed by atoms with Gasteiger partial charge in [-0.25, -0.2) is 4.79 Å². The lowest BCUT2D eigenvalue weighted by Crippen LogP contribution is -2.57. The molecule has 2 unspecified atom stereocenters. The fraction of sp³-hybridized carbons (Fsp3) is 0.500. The van der Waals surface area contributed by atoms with E-state index in [0.29, 0.717) is 28.3 Å². The highest BCUT2D eigenvalue weighted by Crippen LogP contribution is 2.65. The molecule has 0 radical (unpaired) electrons. The number of nitro benzene ring substituents is 1. The number of benzene rings is 1. The summed E-state index contributed by atoms with van der Waals surface area (Å²) in [6.07, 6.45) is 7.20. The molecular formula is C22H23BrN6O6. The molecule has 4 aliphatic carbocycles. The number of rotatable bonds is 7. The topological polar surface area (TPSA) is 169 Å². The van der Waals surface area contributed by atoms with Gasteiger partial charge in [-0.2, -0.15) is 4.68 Å². The smallest absolute Gasteiger partial charge is 0.380 e. The molecule has 4 bridgehead atoms. The lowest BCUT2D eigenvalue weighted by Gasteiger charge is -2.60. The lowest BCUT2D eigenvalue weighted by molar-refractivity contribution is -0.390. The highest BCUT2D eigenvalue weighted by atomic mass is 79.9. The van der Waals surface area contributed by atoms with E-state index in [9.17, 15) is 25.0 Å². The second kappa shape index (κ2) is 8.40. The molecule has 0 amide bonds. The van der Waals surface area contributed by atoms with Gasteiger partial charge < -0.3 is 20.7 Å². The van der Waals surface area contributed by atoms with Crippen LogP contribution in [0.1, 0.15) is 50.5 Å². The normalized spacial score (nSPS) is 29.2. The highest BCUT2D eigenvalue weighted by molar-refractivity contribution is 9.10. The first-order valence-electron chi connectivity index (χ1n) is 11.3. The van der Waals surface area contributed by atoms with Gasteiger partial charge in [-0.05, 0) is 88.8 Å². The van der Waals surface area contributed by atoms with Crippen LogP contribution in [0, 0.1) is 37.5 Å². The molecule has 6 rings (SSSR count). The second-order valence-corrected chi connectivity index (χ2v) is 11.0. The predicted octanol–water partition coefficient (Wildman–Crippen LogP) is 4.01. The summed E-state index contributed by atoms with van der Waals surface area (Å²) < 4.78 is 2.10. The number of hydrogen-bond acceptors (Lipinski definition) is 8. The largest absolute Gasteiger partial charge is 0.404 e. The van der Waals surface area contributed by atoms with Crippen molar-refractivity contribution in [3.63, 3.8) is 0 Å². The van der Waals surface area contributed by atoms with Gasteiger partial charge in [0, 0.05) is 17.7 Å². The Hall–Kier alpha value is -3.35. The number of halogens is 1. The first kappa shape index (κ1) is 23.4. The van der Waals surface area contributed by atoms with Crippen molar-refractivity contribution in [2.24, 2.45) is 28.1 Å². The fourth-order valence-corrected chi connectivity index (χ4v) is 7.25. The van der Waals surface area contributed by atoms with E-state index in [4.69, 9.17) is 10.6 Å². The molecule has 2 N–H and O–H groups in total. The van der Waals surface area contributed by atoms with Crippen molar-refractivity contribution in [1.82, 2.24) is 9.78 Å². The molecular weight excluding hydrogens is 524 g/mol. The summed E-state index contributed by atoms with van der Waals surface area (Å²) in [5, 5.41) is 30.2. The van der Waals surface area contributed by atoms with Crippen LogP contribution < -0.4 is 5.73 Å². The number of hydrogen-bond donors (Lipinski definition) is 1. The fourth-order valence-electron chi connectivity index (χ4n) is 6.83. The zero-order chi connectivity index (χ0) is 25.0. The minimum Gasteiger partial charge on any atom is -0.380 e. The third-order valence-electron chi connectivity index (χ3n) is 7.60. The Morgan fingerprint density at radius 1 is 1.17 bits per heavy atom. The summed E-state index contributed by atoms with van der Waals surface area (Å²) in [4.78, 5) is 39.1. The number of amidine groups is 1. The van der Waals surface area contributed by atoms with Crippen LogP contribution in [0.3, 0.4) is 0 Å². The Morgan fingerprint density at radius 3 is 2.40 bits per heavy atom. The van der Waals surface area contributed by atoms with Crippen molar-refractivity contribution in [1.29, 1.82) is 0 Å². The van der Waals surface area contributed by atoms with Crippen LogP contribution in [0.2, 0.25) is 0 Å². The molecule has 35 heavy (non-hydrogen) atoms. The molecule has 12 nitrogen and oxygen atoms in total. The maximum absolute atomic E-state index is 12.8. The summed E-state index contributed by atoms with van der Waals surface area (Å²) in [5.41, 5.74) is 5.58. The third-order valence-corrected chi connectivity index (χ3v) is 8.16. The van der Waals surface area contributed by atoms with Crippen LogP contribution in [-0.4, -0.2) is 31.4 Å². The number of oxime groups is 1. The zero-order valence-corrected chi connectivity index (χ0v) is 20.2. The van der Waals surface area contributed by atoms with Crippen molar-refractivity contribution in [3.05, 3.63) is 60.7 Å². The molecule has 4 saturated carbocycles. The molecule has 1 aromatic heterocycles. The van der Waals surface area contributed by atoms with E-state index in [1.54, 1.807) is 10.9 Å². The average Bonchev–Trinajstić information content (AvgIpc) is 3.19. The molecule has 4 fully saturated rings. The molecule has 184 valence electrons. The van der Waals surface area contributed by atoms with Crippen molar-refractivity contribution in [3.8, 4) is 0 Å². The summed E-state index contributed by atoms with van der Waals surface area (Å²) >= 11 is 3.26. The van der Waals surface area contributed by atoms with Gasteiger partial charge in [-0.1, -0.05) is 5.16 Å². The quantitative estimate of drug-likeness (QED) is 0.178. The van der Waals surface area contributed by atoms with E-state index < -0.39 is 15.8 Å². The molecule has 0 spiro atoms. The van der Waals surface area contributed by atoms with Crippen molar-refractivity contribution in [2.45, 2.75) is 50.5 Å². The van der Waals surface area contributed by atoms with Gasteiger partial charge in [0.2, 0.25) is 0 Å². The summed E-state index contributed by atoms with van der Waals surface area (Å²) in [7, 11) is 0. The Kier molecular flexibility index (Phi) is 5.61. The van der Waals surface area contributed by atoms with Gasteiger partial charge in [-0.3, -0.25) is 10.1 Å². The average molecular weight is 547 g/mol. The van der Waals surface area contributed by atoms with Gasteiger partial charge in [0.25, 0.3) is 5.69 Å². The molecule has 0 saturated heterocycles. The number of non-ortho nitro benzene ring substituents is 1. The van der Waals surface area contributed by atoms with E-state index in [1.807, 2.05) is 0 Å². The Labute approximate surface area is 207 Å². The minimum absolute atomic E-state index is 0.0519. The Morgan fingerprint density at radius 2 is 1.83 bits per heavy atom. The molecule has 4 aliphatic rings. The molecule has 2 aromatic rings. The highest BCUT2D eigenvalue weighted by Gasteiger charge is 2.60. The maximum atomic E-state index is 12.8. The summed E-state index contributed by atoms with van der Waals surface area (Å²) in [6.45, 7) is 0. The van der Waals surface area contributed by atoms with Gasteiger partial charge in [0.15, 0.2) is 5.84 Å². The molecule has 13 heteroatoms. The van der Waals surface area contributed by atoms with E-state index >= 15 is 0 Å². The van der Waals surface area contributed by atoms with E-state index in [-0.39, 0.29) is 34.7 Å². The number of carbonyl (C=O) groups is 1. The first-order chi connectivity index (χ1) is 16.6. The van der Waals surface area contributed by atoms with Crippen molar-refractivity contribution >= 4 is 39.2 Å². The van der Waals surface area contributed by atoms with E-state index in [1.165, 1.54) is 24.3 Å². The SMILES string of the molecule is N/C(=N\OC(=O)CC12CC3CC(C1)CC(n1cc(Br)c([N+](=O)[O-])n1)(C3)C2)c1ccc([N+](=O)[O-])cc1. The predicted molar refractivity (Wildman–Crippen MR) is 126 cm³/mol. The molecule has 2 atom stereocenters. The van der Waals surface area contributed by atoms with Gasteiger partial charge in [0.05, 0.1) is 28.2 Å². The minimum atomic E-state index is -0.518. The van der Waals surface area contributed by atoms with Crippen molar-refractivity contribution < 1.29 is 19.5 Å². The zero-order valence-electron chi connectivity index (χ0n) is 18.6. The third kappa shape index (κ3) is 4.28. The maximum Gasteiger partial charge on any atom is 0.404 e. The van der Waals surface area contributed by atoms with Crippen LogP contribution >= 0.6 is 15.9 Å². The second-order valence-electron chi connectivity index (χ2n) is 10.1. The van der Waals surface area contributed by atoms with Gasteiger partial charge in [0.1, 0.15) is 4.47 Å². The number of nitrogens with zero attached hydrogens (tertiary/aromatic N) is 5. The molecule has 1 heterocycles. The lowest BCUT2D eigenvalue weighted by atomic mass is 9.46. The summed E-state index contributed by atoms with van der Waals surface area (Å²) in [5.74, 6) is 0.0771. The van der Waals surface area contributed by atoms with Gasteiger partial charge in [-0.15, -0.1) is 0 Å². The number of carbonyl (C=O) groups excluding carboxylic acids is 1. The molecule has 1 aromatic carbocycles. The van der Waals surface area contributed by atoms with Crippen LogP contribution in [0.25, 0.3) is 0 Å². The van der Waals surface area contributed by atoms with Crippen LogP contribution in [0.15, 0.2) is 40.1 Å². The standard InChI is InChI=1S/C22H23BrN6O6/c23-17-11-27(25-20(17)29(33)34)22-8-13-5-14(9-22)7-21(6-13,12-22)10-18(30)35-26-19(24)15-1-3-16(4-2-15)28(31)32/h1-4,11,13-14H,5-10,12H2,(H2,24,26). The number of nitrogens with two attached hydrogens (primary N) is 1. The van der Waals surface area contributed by atoms with Gasteiger partial charge >= 0.3 is 11.8 Å². The number of nitro groups is 2. The monoisotopic (exact) mass is 546 g/mol. The van der Waals surface area contributed by atoms with Crippen LogP contribution in [-0.2, 0) is 15.2 Å². The molecule has 0 aliphatic heterocycles. The Bertz CT molecular complexity index is 1230.